The molecule has 0 aliphatic carbocycles. The van der Waals surface area contributed by atoms with Gasteiger partial charge in [0.1, 0.15) is 6.04 Å². The number of amides is 4. The van der Waals surface area contributed by atoms with Crippen molar-refractivity contribution in [2.24, 2.45) is 0 Å². The molecular formula is C36H38F3N5O3. The van der Waals surface area contributed by atoms with Gasteiger partial charge in [-0.05, 0) is 78.1 Å². The molecule has 3 N–H and O–H groups in total. The largest absolute Gasteiger partial charge is 0.471 e. The summed E-state index contributed by atoms with van der Waals surface area (Å²) in [7, 11) is 0. The second kappa shape index (κ2) is 13.1. The Labute approximate surface area is 271 Å². The fourth-order valence-electron chi connectivity index (χ4n) is 6.94. The van der Waals surface area contributed by atoms with E-state index in [1.807, 2.05) is 49.5 Å². The van der Waals surface area contributed by atoms with Crippen LogP contribution in [0.4, 0.5) is 23.7 Å². The zero-order chi connectivity index (χ0) is 33.3. The van der Waals surface area contributed by atoms with Gasteiger partial charge in [-0.25, -0.2) is 4.79 Å². The first-order valence-corrected chi connectivity index (χ1v) is 16.0. The molecule has 4 amide bonds. The summed E-state index contributed by atoms with van der Waals surface area (Å²) >= 11 is 0. The van der Waals surface area contributed by atoms with E-state index in [1.165, 1.54) is 11.1 Å². The van der Waals surface area contributed by atoms with Crippen LogP contribution in [0.25, 0.3) is 10.9 Å². The number of likely N-dealkylation sites (tertiary alicyclic amines) is 1. The van der Waals surface area contributed by atoms with Gasteiger partial charge in [-0.1, -0.05) is 55.5 Å². The molecule has 2 aliphatic rings. The maximum absolute atomic E-state index is 14.0. The molecule has 3 aromatic carbocycles. The van der Waals surface area contributed by atoms with Crippen LogP contribution in [0.5, 0.6) is 0 Å². The highest BCUT2D eigenvalue weighted by molar-refractivity contribution is 5.98. The van der Waals surface area contributed by atoms with Crippen LogP contribution in [-0.2, 0) is 22.6 Å². The van der Waals surface area contributed by atoms with Crippen molar-refractivity contribution in [3.63, 3.8) is 0 Å². The van der Waals surface area contributed by atoms with Gasteiger partial charge in [-0.3, -0.25) is 9.59 Å². The van der Waals surface area contributed by atoms with Gasteiger partial charge >= 0.3 is 18.1 Å². The summed E-state index contributed by atoms with van der Waals surface area (Å²) < 4.78 is 39.3. The number of piperidine rings is 1. The van der Waals surface area contributed by atoms with Gasteiger partial charge in [-0.15, -0.1) is 0 Å². The number of H-pyrrole nitrogens is 1. The number of para-hydroxylation sites is 1. The Hall–Kier alpha value is -4.80. The van der Waals surface area contributed by atoms with E-state index in [9.17, 15) is 27.6 Å². The lowest BCUT2D eigenvalue weighted by Crippen LogP contribution is -2.53. The van der Waals surface area contributed by atoms with Crippen molar-refractivity contribution in [1.82, 2.24) is 20.1 Å². The molecule has 1 aromatic heterocycles. The van der Waals surface area contributed by atoms with E-state index in [-0.39, 0.29) is 25.5 Å². The van der Waals surface area contributed by atoms with Crippen LogP contribution >= 0.6 is 0 Å². The van der Waals surface area contributed by atoms with E-state index in [4.69, 9.17) is 0 Å². The zero-order valence-electron chi connectivity index (χ0n) is 26.4. The Morgan fingerprint density at radius 3 is 2.38 bits per heavy atom. The number of aromatic amines is 1. The Bertz CT molecular complexity index is 1790. The highest BCUT2D eigenvalue weighted by Crippen LogP contribution is 2.32. The van der Waals surface area contributed by atoms with Gasteiger partial charge in [-0.2, -0.15) is 13.2 Å². The first-order chi connectivity index (χ1) is 22.5. The molecule has 0 spiro atoms. The molecule has 0 radical (unpaired) electrons. The smallest absolute Gasteiger partial charge is 0.361 e. The number of nitrogens with zero attached hydrogens (tertiary/aromatic N) is 2. The van der Waals surface area contributed by atoms with E-state index in [0.29, 0.717) is 30.3 Å². The molecule has 2 aliphatic heterocycles. The first kappa shape index (κ1) is 32.2. The highest BCUT2D eigenvalue weighted by Gasteiger charge is 2.43. The highest BCUT2D eigenvalue weighted by atomic mass is 19.4. The second-order valence-electron chi connectivity index (χ2n) is 12.6. The molecule has 2 atom stereocenters. The molecule has 0 saturated carbocycles. The minimum atomic E-state index is -4.96. The molecule has 47 heavy (non-hydrogen) atoms. The number of hydrogen-bond donors (Lipinski definition) is 3. The van der Waals surface area contributed by atoms with E-state index in [2.05, 4.69) is 34.7 Å². The number of fused-ring (bicyclic) bond motifs is 2. The maximum Gasteiger partial charge on any atom is 0.471 e. The molecule has 11 heteroatoms. The molecule has 1 saturated heterocycles. The Balaban J connectivity index is 1.20. The third-order valence-electron chi connectivity index (χ3n) is 9.60. The van der Waals surface area contributed by atoms with Gasteiger partial charge in [0.25, 0.3) is 0 Å². The molecule has 6 rings (SSSR count). The predicted molar refractivity (Wildman–Crippen MR) is 174 cm³/mol. The van der Waals surface area contributed by atoms with Crippen molar-refractivity contribution < 1.29 is 27.6 Å². The number of benzene rings is 3. The topological polar surface area (TPSA) is 97.5 Å². The third-order valence-corrected chi connectivity index (χ3v) is 9.60. The van der Waals surface area contributed by atoms with Crippen molar-refractivity contribution in [2.75, 3.05) is 25.0 Å². The number of alkyl halides is 3. The van der Waals surface area contributed by atoms with Crippen molar-refractivity contribution in [3.05, 3.63) is 101 Å². The monoisotopic (exact) mass is 645 g/mol. The minimum absolute atomic E-state index is 0.0322. The van der Waals surface area contributed by atoms with Crippen LogP contribution in [0.2, 0.25) is 0 Å². The zero-order valence-corrected chi connectivity index (χ0v) is 26.4. The van der Waals surface area contributed by atoms with Crippen LogP contribution in [0, 0.1) is 6.92 Å². The summed E-state index contributed by atoms with van der Waals surface area (Å²) in [6.07, 6.45) is -1.20. The lowest BCUT2D eigenvalue weighted by atomic mass is 9.87. The normalized spacial score (nSPS) is 16.8. The average Bonchev–Trinajstić information content (AvgIpc) is 3.50. The van der Waals surface area contributed by atoms with E-state index in [0.717, 1.165) is 39.8 Å². The average molecular weight is 646 g/mol. The number of rotatable bonds is 6. The fourth-order valence-corrected chi connectivity index (χ4v) is 6.94. The van der Waals surface area contributed by atoms with Gasteiger partial charge in [0.15, 0.2) is 0 Å². The van der Waals surface area contributed by atoms with Crippen molar-refractivity contribution >= 4 is 34.4 Å². The van der Waals surface area contributed by atoms with Gasteiger partial charge in [0, 0.05) is 54.9 Å². The number of hydrogen-bond acceptors (Lipinski definition) is 3. The first-order valence-electron chi connectivity index (χ1n) is 16.0. The number of halogens is 3. The number of aryl methyl sites for hydroxylation is 1. The molecule has 3 heterocycles. The fraction of sp³-hybridized carbons (Fsp3) is 0.361. The van der Waals surface area contributed by atoms with Crippen LogP contribution in [0.3, 0.4) is 0 Å². The lowest BCUT2D eigenvalue weighted by molar-refractivity contribution is -0.186. The molecule has 0 unspecified atom stereocenters. The van der Waals surface area contributed by atoms with Crippen LogP contribution < -0.4 is 10.6 Å². The predicted octanol–water partition coefficient (Wildman–Crippen LogP) is 6.62. The van der Waals surface area contributed by atoms with Crippen LogP contribution in [0.1, 0.15) is 59.4 Å². The Kier molecular flexibility index (Phi) is 8.98. The second-order valence-corrected chi connectivity index (χ2v) is 12.6. The quantitative estimate of drug-likeness (QED) is 0.220. The number of nitrogens with one attached hydrogen (secondary N) is 3. The molecule has 0 bridgehead atoms. The SMILES string of the molecule is Cc1ccccc1C1CCN(C(=O)N[C@@H](C(=O)Nc2ccc3c(c2)CN(C(=O)C(F)(F)F)CC3)[C@@H](C)c2c[nH]c3ccccc23)CC1. The third kappa shape index (κ3) is 6.84. The molecule has 1 fully saturated rings. The summed E-state index contributed by atoms with van der Waals surface area (Å²) in [6.45, 7) is 4.86. The van der Waals surface area contributed by atoms with Gasteiger partial charge in [0.2, 0.25) is 5.91 Å². The number of urea groups is 1. The standard InChI is InChI=1S/C36H38F3N5O3/c1-22-7-3-4-8-28(22)25-14-16-43(17-15-25)35(47)42-32(23(2)30-20-40-31-10-6-5-9-29(30)31)33(45)41-27-12-11-24-13-18-44(21-26(24)19-27)34(46)36(37,38)39/h3-12,19-20,23,25,32,40H,13-18,21H2,1-2H3,(H,41,45)(H,42,47)/t23-,32+/m0/s1. The number of carbonyl (C=O) groups excluding carboxylic acids is 3. The lowest BCUT2D eigenvalue weighted by Gasteiger charge is -2.34. The van der Waals surface area contributed by atoms with Crippen molar-refractivity contribution in [1.29, 1.82) is 0 Å². The Morgan fingerprint density at radius 1 is 0.915 bits per heavy atom. The van der Waals surface area contributed by atoms with E-state index >= 15 is 0 Å². The maximum atomic E-state index is 14.0. The Morgan fingerprint density at radius 2 is 1.64 bits per heavy atom. The summed E-state index contributed by atoms with van der Waals surface area (Å²) in [5.74, 6) is -2.41. The van der Waals surface area contributed by atoms with Crippen LogP contribution in [-0.4, -0.2) is 64.5 Å². The van der Waals surface area contributed by atoms with Gasteiger partial charge in [0.05, 0.1) is 0 Å². The van der Waals surface area contributed by atoms with E-state index in [1.54, 1.807) is 23.1 Å². The van der Waals surface area contributed by atoms with Crippen molar-refractivity contribution in [2.45, 2.75) is 63.7 Å². The summed E-state index contributed by atoms with van der Waals surface area (Å²) in [6, 6.07) is 19.8. The number of aromatic nitrogens is 1. The van der Waals surface area contributed by atoms with Gasteiger partial charge < -0.3 is 25.4 Å². The van der Waals surface area contributed by atoms with Crippen molar-refractivity contribution in [3.8, 4) is 0 Å². The number of carbonyl (C=O) groups is 3. The molecular weight excluding hydrogens is 607 g/mol. The molecule has 4 aromatic rings. The van der Waals surface area contributed by atoms with E-state index < -0.39 is 30.0 Å². The minimum Gasteiger partial charge on any atom is -0.361 e. The van der Waals surface area contributed by atoms with Crippen LogP contribution in [0.15, 0.2) is 72.9 Å². The number of anilines is 1. The molecule has 246 valence electrons. The summed E-state index contributed by atoms with van der Waals surface area (Å²) in [5, 5.41) is 6.84. The summed E-state index contributed by atoms with van der Waals surface area (Å²) in [4.78, 5) is 45.3. The summed E-state index contributed by atoms with van der Waals surface area (Å²) in [5.41, 5.74) is 6.04. The molecule has 8 nitrogen and oxygen atoms in total.